The molecule has 0 saturated heterocycles. The van der Waals surface area contributed by atoms with Gasteiger partial charge in [0, 0.05) is 11.6 Å². The van der Waals surface area contributed by atoms with Crippen LogP contribution in [0.3, 0.4) is 0 Å². The van der Waals surface area contributed by atoms with Gasteiger partial charge in [-0.1, -0.05) is 30.3 Å². The van der Waals surface area contributed by atoms with Crippen LogP contribution in [0.25, 0.3) is 0 Å². The molecule has 0 radical (unpaired) electrons. The molecule has 0 aliphatic heterocycles. The van der Waals surface area contributed by atoms with Gasteiger partial charge in [0.25, 0.3) is 5.70 Å². The number of halogens is 3. The molecule has 0 fully saturated rings. The predicted molar refractivity (Wildman–Crippen MR) is 74.9 cm³/mol. The van der Waals surface area contributed by atoms with Crippen molar-refractivity contribution in [2.75, 3.05) is 0 Å². The maximum Gasteiger partial charge on any atom is 0.416 e. The summed E-state index contributed by atoms with van der Waals surface area (Å²) >= 11 is 0. The molecule has 0 saturated carbocycles. The molecule has 2 rings (SSSR count). The number of benzene rings is 1. The van der Waals surface area contributed by atoms with E-state index in [0.717, 1.165) is 0 Å². The van der Waals surface area contributed by atoms with Gasteiger partial charge in [0.2, 0.25) is 0 Å². The van der Waals surface area contributed by atoms with E-state index in [-0.39, 0.29) is 5.56 Å². The Balaban J connectivity index is 2.59. The standard InChI is InChI=1S/C14H12F3N3O3/c15-14(16,17)9-6-10(20(22)23)11(18)13(19,7-9)12(21)8-4-2-1-3-5-8/h1-7,11H,18-19H2. The summed E-state index contributed by atoms with van der Waals surface area (Å²) in [5, 5.41) is 11.0. The average Bonchev–Trinajstić information content (AvgIpc) is 2.48. The molecule has 122 valence electrons. The molecule has 9 heteroatoms. The molecule has 2 atom stereocenters. The monoisotopic (exact) mass is 327 g/mol. The molecule has 1 aliphatic rings. The summed E-state index contributed by atoms with van der Waals surface area (Å²) in [4.78, 5) is 22.4. The van der Waals surface area contributed by atoms with Crippen LogP contribution in [0.4, 0.5) is 13.2 Å². The van der Waals surface area contributed by atoms with Crippen LogP contribution in [-0.4, -0.2) is 28.5 Å². The summed E-state index contributed by atoms with van der Waals surface area (Å²) in [7, 11) is 0. The highest BCUT2D eigenvalue weighted by Gasteiger charge is 2.51. The highest BCUT2D eigenvalue weighted by molar-refractivity contribution is 6.05. The van der Waals surface area contributed by atoms with Crippen LogP contribution >= 0.6 is 0 Å². The number of rotatable bonds is 3. The van der Waals surface area contributed by atoms with Gasteiger partial charge in [-0.3, -0.25) is 14.9 Å². The second-order valence-electron chi connectivity index (χ2n) is 5.03. The molecule has 4 N–H and O–H groups in total. The van der Waals surface area contributed by atoms with Crippen LogP contribution in [0.15, 0.2) is 53.8 Å². The molecule has 1 aromatic carbocycles. The lowest BCUT2D eigenvalue weighted by Gasteiger charge is -2.33. The quantitative estimate of drug-likeness (QED) is 0.497. The molecule has 1 aliphatic carbocycles. The summed E-state index contributed by atoms with van der Waals surface area (Å²) in [6, 6.07) is 5.55. The van der Waals surface area contributed by atoms with Gasteiger partial charge in [0.15, 0.2) is 5.78 Å². The molecule has 0 spiro atoms. The summed E-state index contributed by atoms with van der Waals surface area (Å²) < 4.78 is 38.9. The van der Waals surface area contributed by atoms with Crippen molar-refractivity contribution in [3.63, 3.8) is 0 Å². The number of Topliss-reactive ketones (excluding diaryl/α,β-unsaturated/α-hetero) is 1. The molecule has 0 heterocycles. The topological polar surface area (TPSA) is 112 Å². The fraction of sp³-hybridized carbons (Fsp3) is 0.214. The second kappa shape index (κ2) is 5.60. The van der Waals surface area contributed by atoms with Crippen LogP contribution < -0.4 is 11.5 Å². The zero-order valence-electron chi connectivity index (χ0n) is 11.6. The highest BCUT2D eigenvalue weighted by Crippen LogP contribution is 2.35. The van der Waals surface area contributed by atoms with E-state index in [0.29, 0.717) is 12.2 Å². The number of alkyl halides is 3. The number of hydrogen-bond donors (Lipinski definition) is 2. The van der Waals surface area contributed by atoms with Crippen molar-refractivity contribution < 1.29 is 22.9 Å². The van der Waals surface area contributed by atoms with Gasteiger partial charge in [-0.05, 0) is 6.08 Å². The minimum atomic E-state index is -4.90. The average molecular weight is 327 g/mol. The summed E-state index contributed by atoms with van der Waals surface area (Å²) in [6.07, 6.45) is -4.16. The van der Waals surface area contributed by atoms with Gasteiger partial charge in [0.05, 0.1) is 10.5 Å². The Morgan fingerprint density at radius 3 is 2.30 bits per heavy atom. The number of nitro groups is 1. The zero-order chi connectivity index (χ0) is 17.4. The van der Waals surface area contributed by atoms with E-state index >= 15 is 0 Å². The van der Waals surface area contributed by atoms with Crippen molar-refractivity contribution in [1.82, 2.24) is 0 Å². The van der Waals surface area contributed by atoms with Gasteiger partial charge in [-0.2, -0.15) is 13.2 Å². The van der Waals surface area contributed by atoms with Gasteiger partial charge < -0.3 is 11.5 Å². The molecule has 0 amide bonds. The summed E-state index contributed by atoms with van der Waals surface area (Å²) in [5.41, 5.74) is 6.72. The van der Waals surface area contributed by atoms with Gasteiger partial charge in [-0.25, -0.2) is 0 Å². The lowest BCUT2D eigenvalue weighted by atomic mass is 9.77. The summed E-state index contributed by atoms with van der Waals surface area (Å²) in [6.45, 7) is 0. The Morgan fingerprint density at radius 1 is 1.26 bits per heavy atom. The summed E-state index contributed by atoms with van der Waals surface area (Å²) in [5.74, 6) is -0.931. The van der Waals surface area contributed by atoms with E-state index in [9.17, 15) is 28.1 Å². The Bertz CT molecular complexity index is 713. The fourth-order valence-corrected chi connectivity index (χ4v) is 2.26. The van der Waals surface area contributed by atoms with Crippen LogP contribution in [0.2, 0.25) is 0 Å². The smallest absolute Gasteiger partial charge is 0.317 e. The molecule has 2 unspecified atom stereocenters. The van der Waals surface area contributed by atoms with E-state index < -0.39 is 39.7 Å². The first kappa shape index (κ1) is 16.8. The van der Waals surface area contributed by atoms with Crippen molar-refractivity contribution in [1.29, 1.82) is 0 Å². The third-order valence-corrected chi connectivity index (χ3v) is 3.50. The number of ketones is 1. The molecule has 0 bridgehead atoms. The maximum atomic E-state index is 13.0. The highest BCUT2D eigenvalue weighted by atomic mass is 19.4. The van der Waals surface area contributed by atoms with Gasteiger partial charge >= 0.3 is 6.18 Å². The van der Waals surface area contributed by atoms with Gasteiger partial charge in [-0.15, -0.1) is 0 Å². The van der Waals surface area contributed by atoms with E-state index in [1.54, 1.807) is 6.07 Å². The van der Waals surface area contributed by atoms with Crippen LogP contribution in [0.5, 0.6) is 0 Å². The first-order valence-corrected chi connectivity index (χ1v) is 6.37. The first-order valence-electron chi connectivity index (χ1n) is 6.37. The Labute approximate surface area is 128 Å². The molecule has 1 aromatic rings. The van der Waals surface area contributed by atoms with Crippen LogP contribution in [0, 0.1) is 10.1 Å². The number of nitrogens with zero attached hydrogens (tertiary/aromatic N) is 1. The maximum absolute atomic E-state index is 13.0. The third-order valence-electron chi connectivity index (χ3n) is 3.50. The molecular weight excluding hydrogens is 315 g/mol. The van der Waals surface area contributed by atoms with Crippen LogP contribution in [0.1, 0.15) is 10.4 Å². The number of nitrogens with two attached hydrogens (primary N) is 2. The van der Waals surface area contributed by atoms with Crippen molar-refractivity contribution in [3.05, 3.63) is 69.4 Å². The molecule has 0 aromatic heterocycles. The first-order chi connectivity index (χ1) is 10.6. The van der Waals surface area contributed by atoms with Crippen molar-refractivity contribution in [2.24, 2.45) is 11.5 Å². The van der Waals surface area contributed by atoms with Crippen molar-refractivity contribution >= 4 is 5.78 Å². The Morgan fingerprint density at radius 2 is 1.83 bits per heavy atom. The largest absolute Gasteiger partial charge is 0.416 e. The number of allylic oxidation sites excluding steroid dienone is 2. The SMILES string of the molecule is NC1C([N+](=O)[O-])=CC(C(F)(F)F)=CC1(N)C(=O)c1ccccc1. The second-order valence-corrected chi connectivity index (χ2v) is 5.03. The number of hydrogen-bond acceptors (Lipinski definition) is 5. The minimum Gasteiger partial charge on any atom is -0.317 e. The van der Waals surface area contributed by atoms with E-state index in [4.69, 9.17) is 11.5 Å². The lowest BCUT2D eigenvalue weighted by molar-refractivity contribution is -0.430. The number of carbonyl (C=O) groups is 1. The zero-order valence-corrected chi connectivity index (χ0v) is 11.6. The van der Waals surface area contributed by atoms with Gasteiger partial charge in [0.1, 0.15) is 11.6 Å². The predicted octanol–water partition coefficient (Wildman–Crippen LogP) is 1.56. The van der Waals surface area contributed by atoms with Crippen molar-refractivity contribution in [2.45, 2.75) is 17.8 Å². The van der Waals surface area contributed by atoms with E-state index in [2.05, 4.69) is 0 Å². The lowest BCUT2D eigenvalue weighted by Crippen LogP contribution is -2.62. The number of carbonyl (C=O) groups excluding carboxylic acids is 1. The normalized spacial score (nSPS) is 24.7. The molecule has 6 nitrogen and oxygen atoms in total. The molecule has 23 heavy (non-hydrogen) atoms. The van der Waals surface area contributed by atoms with E-state index in [1.807, 2.05) is 0 Å². The fourth-order valence-electron chi connectivity index (χ4n) is 2.26. The van der Waals surface area contributed by atoms with Crippen molar-refractivity contribution in [3.8, 4) is 0 Å². The Kier molecular flexibility index (Phi) is 4.10. The minimum absolute atomic E-state index is 0.00724. The Hall–Kier alpha value is -2.52. The molecular formula is C14H12F3N3O3. The van der Waals surface area contributed by atoms with E-state index in [1.165, 1.54) is 24.3 Å². The third kappa shape index (κ3) is 3.01. The van der Waals surface area contributed by atoms with Crippen LogP contribution in [-0.2, 0) is 0 Å².